The first-order chi connectivity index (χ1) is 17.7. The molecule has 1 aromatic carbocycles. The highest BCUT2D eigenvalue weighted by Gasteiger charge is 2.29. The minimum Gasteiger partial charge on any atom is -0.480 e. The largest absolute Gasteiger partial charge is 0.480 e. The Morgan fingerprint density at radius 1 is 0.946 bits per heavy atom. The maximum Gasteiger partial charge on any atom is 0.408 e. The number of piperidine rings is 1. The van der Waals surface area contributed by atoms with Crippen LogP contribution >= 0.6 is 0 Å². The summed E-state index contributed by atoms with van der Waals surface area (Å²) in [7, 11) is -0.103. The zero-order valence-corrected chi connectivity index (χ0v) is 22.4. The van der Waals surface area contributed by atoms with Crippen LogP contribution in [0.5, 0.6) is 0 Å². The van der Waals surface area contributed by atoms with Crippen LogP contribution in [-0.2, 0) is 41.4 Å². The maximum atomic E-state index is 13.0. The average molecular weight is 537 g/mol. The number of rotatable bonds is 14. The van der Waals surface area contributed by atoms with Gasteiger partial charge in [0.05, 0.1) is 12.5 Å². The summed E-state index contributed by atoms with van der Waals surface area (Å²) in [5, 5.41) is 14.5. The van der Waals surface area contributed by atoms with Crippen molar-refractivity contribution in [3.63, 3.8) is 0 Å². The molecule has 0 spiro atoms. The third-order valence-corrected chi connectivity index (χ3v) is 6.85. The minimum atomic E-state index is -1.30. The van der Waals surface area contributed by atoms with Crippen molar-refractivity contribution in [2.75, 3.05) is 31.4 Å². The summed E-state index contributed by atoms with van der Waals surface area (Å²) in [6.07, 6.45) is 5.88. The fourth-order valence-electron chi connectivity index (χ4n) is 3.97. The summed E-state index contributed by atoms with van der Waals surface area (Å²) >= 11 is 0. The van der Waals surface area contributed by atoms with Gasteiger partial charge in [-0.05, 0) is 48.6 Å². The first kappa shape index (κ1) is 30.1. The normalized spacial score (nSPS) is 14.9. The van der Waals surface area contributed by atoms with Gasteiger partial charge in [-0.15, -0.1) is 0 Å². The van der Waals surface area contributed by atoms with Crippen molar-refractivity contribution in [3.05, 3.63) is 35.9 Å². The lowest BCUT2D eigenvalue weighted by Crippen LogP contribution is -2.52. The molecule has 3 N–H and O–H groups in total. The molecule has 1 saturated heterocycles. The molecule has 1 fully saturated rings. The molecule has 1 aliphatic heterocycles. The number of carboxylic acids is 1. The van der Waals surface area contributed by atoms with Gasteiger partial charge in [0.25, 0.3) is 0 Å². The van der Waals surface area contributed by atoms with Gasteiger partial charge in [0.15, 0.2) is 11.5 Å². The van der Waals surface area contributed by atoms with Crippen LogP contribution in [0, 0.1) is 0 Å². The maximum absolute atomic E-state index is 13.0. The van der Waals surface area contributed by atoms with E-state index in [9.17, 15) is 29.1 Å². The Hall–Kier alpha value is -3.08. The summed E-state index contributed by atoms with van der Waals surface area (Å²) < 4.78 is 5.21. The number of carbonyl (C=O) groups excluding carboxylic acids is 4. The van der Waals surface area contributed by atoms with Gasteiger partial charge in [-0.3, -0.25) is 14.4 Å². The smallest absolute Gasteiger partial charge is 0.408 e. The van der Waals surface area contributed by atoms with Gasteiger partial charge >= 0.3 is 12.1 Å². The summed E-state index contributed by atoms with van der Waals surface area (Å²) in [4.78, 5) is 63.6. The number of hydrogen-bond donors (Lipinski definition) is 3. The molecule has 1 aromatic rings. The second-order valence-electron chi connectivity index (χ2n) is 9.35. The number of carbonyl (C=O) groups is 5. The van der Waals surface area contributed by atoms with Crippen LogP contribution in [0.2, 0.25) is 0 Å². The Morgan fingerprint density at radius 2 is 1.59 bits per heavy atom. The fourth-order valence-corrected chi connectivity index (χ4v) is 4.76. The topological polar surface area (TPSA) is 142 Å². The van der Waals surface area contributed by atoms with Crippen molar-refractivity contribution in [2.45, 2.75) is 63.6 Å². The molecule has 10 nitrogen and oxygen atoms in total. The molecule has 0 aromatic heterocycles. The van der Waals surface area contributed by atoms with E-state index >= 15 is 0 Å². The van der Waals surface area contributed by atoms with Crippen LogP contribution in [0.1, 0.15) is 50.5 Å². The summed E-state index contributed by atoms with van der Waals surface area (Å²) in [5.74, 6) is -1.85. The second-order valence-corrected chi connectivity index (χ2v) is 11.6. The van der Waals surface area contributed by atoms with Crippen LogP contribution in [-0.4, -0.2) is 83.1 Å². The zero-order chi connectivity index (χ0) is 27.2. The molecule has 37 heavy (non-hydrogen) atoms. The van der Waals surface area contributed by atoms with Gasteiger partial charge in [-0.1, -0.05) is 30.3 Å². The molecule has 1 aliphatic rings. The summed E-state index contributed by atoms with van der Waals surface area (Å²) in [6.45, 7) is 1.31. The molecule has 0 saturated carbocycles. The Kier molecular flexibility index (Phi) is 13.0. The van der Waals surface area contributed by atoms with Gasteiger partial charge in [-0.25, -0.2) is 9.59 Å². The van der Waals surface area contributed by atoms with Crippen molar-refractivity contribution in [2.24, 2.45) is 0 Å². The van der Waals surface area contributed by atoms with Crippen LogP contribution in [0.4, 0.5) is 4.79 Å². The molecule has 2 unspecified atom stereocenters. The number of nitrogens with one attached hydrogen (secondary N) is 2. The molecule has 11 heteroatoms. The van der Waals surface area contributed by atoms with E-state index in [4.69, 9.17) is 4.74 Å². The highest BCUT2D eigenvalue weighted by molar-refractivity contribution is 7.96. The van der Waals surface area contributed by atoms with Crippen molar-refractivity contribution in [1.82, 2.24) is 15.5 Å². The van der Waals surface area contributed by atoms with E-state index in [2.05, 4.69) is 10.6 Å². The molecule has 2 atom stereocenters. The first-order valence-corrected chi connectivity index (χ1v) is 14.7. The number of carboxylic acid groups (broad SMARTS) is 1. The average Bonchev–Trinajstić information content (AvgIpc) is 2.87. The number of benzene rings is 1. The Bertz CT molecular complexity index is 920. The SMILES string of the molecule is C[S+](C)CC(=O)CCC(NC(=O)C(CCC(=O)N1CCCCC1)NC(=O)OCc1ccccc1)C(=O)O. The van der Waals surface area contributed by atoms with Crippen LogP contribution in [0.25, 0.3) is 0 Å². The third-order valence-electron chi connectivity index (χ3n) is 5.95. The Labute approximate surface area is 220 Å². The standard InChI is InChI=1S/C26H37N3O7S/c1-37(2)18-20(30)11-12-22(25(33)34)27-24(32)21(13-14-23(31)29-15-7-4-8-16-29)28-26(35)36-17-19-9-5-3-6-10-19/h3,5-6,9-10,21-22H,4,7-8,11-18H2,1-2H3,(H2-,27,28,32,33,34,35)/p+1. The second kappa shape index (κ2) is 15.9. The number of likely N-dealkylation sites (tertiary alicyclic amines) is 1. The predicted molar refractivity (Wildman–Crippen MR) is 141 cm³/mol. The fraction of sp³-hybridized carbons (Fsp3) is 0.577. The lowest BCUT2D eigenvalue weighted by atomic mass is 10.1. The van der Waals surface area contributed by atoms with E-state index in [0.29, 0.717) is 18.8 Å². The van der Waals surface area contributed by atoms with E-state index in [0.717, 1.165) is 24.8 Å². The van der Waals surface area contributed by atoms with E-state index in [1.807, 2.05) is 18.6 Å². The molecule has 0 bridgehead atoms. The molecular formula is C26H38N3O7S+. The van der Waals surface area contributed by atoms with E-state index in [1.165, 1.54) is 0 Å². The molecule has 204 valence electrons. The van der Waals surface area contributed by atoms with Crippen LogP contribution < -0.4 is 10.6 Å². The quantitative estimate of drug-likeness (QED) is 0.308. The number of hydrogen-bond acceptors (Lipinski definition) is 6. The highest BCUT2D eigenvalue weighted by Crippen LogP contribution is 2.12. The minimum absolute atomic E-state index is 0.00982. The number of amides is 3. The van der Waals surface area contributed by atoms with Crippen LogP contribution in [0.15, 0.2) is 30.3 Å². The third kappa shape index (κ3) is 11.7. The van der Waals surface area contributed by atoms with E-state index in [1.54, 1.807) is 29.2 Å². The number of Topliss-reactive ketones (excluding diaryl/α,β-unsaturated/α-hetero) is 1. The van der Waals surface area contributed by atoms with E-state index < -0.39 is 30.1 Å². The van der Waals surface area contributed by atoms with Crippen molar-refractivity contribution in [3.8, 4) is 0 Å². The first-order valence-electron chi connectivity index (χ1n) is 12.5. The number of ether oxygens (including phenoxy) is 1. The highest BCUT2D eigenvalue weighted by atomic mass is 32.2. The van der Waals surface area contributed by atoms with Crippen molar-refractivity contribution < 1.29 is 33.8 Å². The number of alkyl carbamates (subject to hydrolysis) is 1. The van der Waals surface area contributed by atoms with Gasteiger partial charge < -0.3 is 25.4 Å². The molecular weight excluding hydrogens is 498 g/mol. The Balaban J connectivity index is 2.01. The lowest BCUT2D eigenvalue weighted by molar-refractivity contribution is -0.142. The van der Waals surface area contributed by atoms with Gasteiger partial charge in [0.1, 0.15) is 18.7 Å². The van der Waals surface area contributed by atoms with Crippen LogP contribution in [0.3, 0.4) is 0 Å². The monoisotopic (exact) mass is 536 g/mol. The molecule has 2 rings (SSSR count). The lowest BCUT2D eigenvalue weighted by Gasteiger charge is -2.27. The Morgan fingerprint density at radius 3 is 2.22 bits per heavy atom. The van der Waals surface area contributed by atoms with Gasteiger partial charge in [0, 0.05) is 25.9 Å². The number of ketones is 1. The summed E-state index contributed by atoms with van der Waals surface area (Å²) in [5.41, 5.74) is 0.761. The molecule has 0 aliphatic carbocycles. The van der Waals surface area contributed by atoms with Crippen molar-refractivity contribution >= 4 is 40.6 Å². The zero-order valence-electron chi connectivity index (χ0n) is 21.6. The van der Waals surface area contributed by atoms with Gasteiger partial charge in [0.2, 0.25) is 11.8 Å². The predicted octanol–water partition coefficient (Wildman–Crippen LogP) is 1.87. The van der Waals surface area contributed by atoms with Crippen molar-refractivity contribution in [1.29, 1.82) is 0 Å². The molecule has 0 radical (unpaired) electrons. The van der Waals surface area contributed by atoms with E-state index in [-0.39, 0.29) is 54.9 Å². The van der Waals surface area contributed by atoms with Gasteiger partial charge in [-0.2, -0.15) is 0 Å². The molecule has 1 heterocycles. The number of aliphatic carboxylic acids is 1. The summed E-state index contributed by atoms with van der Waals surface area (Å²) in [6, 6.07) is 6.54. The number of nitrogens with zero attached hydrogens (tertiary/aromatic N) is 1. The molecule has 3 amide bonds.